The van der Waals surface area contributed by atoms with E-state index in [1.54, 1.807) is 7.11 Å². The molecule has 3 aromatic rings. The first-order valence-corrected chi connectivity index (χ1v) is 12.0. The predicted molar refractivity (Wildman–Crippen MR) is 129 cm³/mol. The summed E-state index contributed by atoms with van der Waals surface area (Å²) < 4.78 is 5.39. The van der Waals surface area contributed by atoms with E-state index in [1.807, 2.05) is 23.1 Å². The molecule has 3 aliphatic rings. The zero-order chi connectivity index (χ0) is 21.8. The van der Waals surface area contributed by atoms with Gasteiger partial charge in [-0.1, -0.05) is 49.6 Å². The third-order valence-corrected chi connectivity index (χ3v) is 7.86. The van der Waals surface area contributed by atoms with E-state index in [0.717, 1.165) is 35.4 Å². The number of carbonyl (C=O) groups is 1. The van der Waals surface area contributed by atoms with Crippen LogP contribution in [0.2, 0.25) is 0 Å². The molecule has 1 N–H and O–H groups in total. The molecule has 5 nitrogen and oxygen atoms in total. The summed E-state index contributed by atoms with van der Waals surface area (Å²) in [5.41, 5.74) is 4.61. The number of rotatable bonds is 3. The lowest BCUT2D eigenvalue weighted by atomic mass is 9.88. The van der Waals surface area contributed by atoms with E-state index in [9.17, 15) is 4.79 Å². The molecule has 1 amide bonds. The lowest BCUT2D eigenvalue weighted by Gasteiger charge is -2.38. The summed E-state index contributed by atoms with van der Waals surface area (Å²) in [6.45, 7) is 0. The Morgan fingerprint density at radius 2 is 1.78 bits per heavy atom. The molecule has 1 aromatic heterocycles. The highest BCUT2D eigenvalue weighted by atomic mass is 32.1. The smallest absolute Gasteiger partial charge is 0.252 e. The van der Waals surface area contributed by atoms with Gasteiger partial charge in [0, 0.05) is 29.1 Å². The van der Waals surface area contributed by atoms with Crippen molar-refractivity contribution in [3.8, 4) is 5.75 Å². The van der Waals surface area contributed by atoms with Crippen LogP contribution in [0.15, 0.2) is 48.5 Å². The maximum absolute atomic E-state index is 13.8. The molecule has 0 unspecified atom stereocenters. The van der Waals surface area contributed by atoms with E-state index in [-0.39, 0.29) is 24.0 Å². The minimum Gasteiger partial charge on any atom is -0.497 e. The van der Waals surface area contributed by atoms with Gasteiger partial charge in [0.15, 0.2) is 5.11 Å². The third-order valence-electron chi connectivity index (χ3n) is 7.45. The largest absolute Gasteiger partial charge is 0.497 e. The number of nitrogens with zero attached hydrogens (tertiary/aromatic N) is 2. The number of H-pyrrole nitrogens is 1. The van der Waals surface area contributed by atoms with E-state index >= 15 is 0 Å². The number of hydrogen-bond donors (Lipinski definition) is 1. The molecule has 0 bridgehead atoms. The molecule has 0 radical (unpaired) electrons. The molecule has 32 heavy (non-hydrogen) atoms. The normalized spacial score (nSPS) is 23.5. The summed E-state index contributed by atoms with van der Waals surface area (Å²) in [5.74, 6) is 0.998. The van der Waals surface area contributed by atoms with Crippen molar-refractivity contribution in [1.82, 2.24) is 14.8 Å². The van der Waals surface area contributed by atoms with Crippen LogP contribution in [0, 0.1) is 0 Å². The molecule has 1 saturated carbocycles. The van der Waals surface area contributed by atoms with Gasteiger partial charge in [0.05, 0.1) is 13.2 Å². The highest BCUT2D eigenvalue weighted by molar-refractivity contribution is 7.80. The SMILES string of the molecule is COc1ccc([C@@H]2c3[nH]c4ccccc4c3C[C@@H]3C(=O)N(C4CCCCC4)C(=S)N23)cc1. The Hall–Kier alpha value is -2.86. The van der Waals surface area contributed by atoms with Crippen LogP contribution in [0.3, 0.4) is 0 Å². The number of nitrogens with one attached hydrogen (secondary N) is 1. The van der Waals surface area contributed by atoms with E-state index in [4.69, 9.17) is 17.0 Å². The number of ether oxygens (including phenoxy) is 1. The first kappa shape index (κ1) is 19.8. The van der Waals surface area contributed by atoms with Crippen LogP contribution in [0.1, 0.15) is 55.0 Å². The molecular formula is C26H27N3O2S. The van der Waals surface area contributed by atoms with Gasteiger partial charge in [-0.2, -0.15) is 0 Å². The molecule has 2 aromatic carbocycles. The first-order valence-electron chi connectivity index (χ1n) is 11.6. The number of hydrogen-bond acceptors (Lipinski definition) is 3. The third kappa shape index (κ3) is 2.89. The maximum Gasteiger partial charge on any atom is 0.252 e. The van der Waals surface area contributed by atoms with E-state index < -0.39 is 0 Å². The molecule has 164 valence electrons. The zero-order valence-corrected chi connectivity index (χ0v) is 19.0. The summed E-state index contributed by atoms with van der Waals surface area (Å²) >= 11 is 6.02. The van der Waals surface area contributed by atoms with Crippen LogP contribution in [-0.4, -0.2) is 45.0 Å². The molecule has 1 saturated heterocycles. The lowest BCUT2D eigenvalue weighted by Crippen LogP contribution is -2.44. The Morgan fingerprint density at radius 3 is 2.53 bits per heavy atom. The molecule has 0 spiro atoms. The van der Waals surface area contributed by atoms with Crippen LogP contribution < -0.4 is 4.74 Å². The fourth-order valence-corrected chi connectivity index (χ4v) is 6.37. The van der Waals surface area contributed by atoms with Gasteiger partial charge in [0.25, 0.3) is 5.91 Å². The van der Waals surface area contributed by atoms with Gasteiger partial charge in [-0.05, 0) is 54.4 Å². The molecule has 6 heteroatoms. The van der Waals surface area contributed by atoms with Crippen molar-refractivity contribution in [2.45, 2.75) is 56.7 Å². The Bertz CT molecular complexity index is 1200. The second-order valence-electron chi connectivity index (χ2n) is 9.15. The number of aromatic amines is 1. The van der Waals surface area contributed by atoms with Crippen molar-refractivity contribution in [3.05, 3.63) is 65.4 Å². The predicted octanol–water partition coefficient (Wildman–Crippen LogP) is 4.95. The number of benzene rings is 2. The van der Waals surface area contributed by atoms with E-state index in [1.165, 1.54) is 30.2 Å². The maximum atomic E-state index is 13.8. The standard InChI is InChI=1S/C26H27N3O2S/c1-31-18-13-11-16(12-14-18)24-23-20(19-9-5-6-10-21(19)27-23)15-22-25(30)28(26(32)29(22)24)17-7-3-2-4-8-17/h5-6,9-14,17,22,24,27H,2-4,7-8,15H2,1H3/t22-,24-/m1/s1. The fourth-order valence-electron chi connectivity index (χ4n) is 5.90. The zero-order valence-electron chi connectivity index (χ0n) is 18.2. The van der Waals surface area contributed by atoms with Gasteiger partial charge in [-0.25, -0.2) is 0 Å². The van der Waals surface area contributed by atoms with Crippen LogP contribution in [0.25, 0.3) is 10.9 Å². The Labute approximate surface area is 193 Å². The quantitative estimate of drug-likeness (QED) is 0.580. The summed E-state index contributed by atoms with van der Waals surface area (Å²) in [4.78, 5) is 21.6. The van der Waals surface area contributed by atoms with Crippen molar-refractivity contribution in [2.75, 3.05) is 7.11 Å². The van der Waals surface area contributed by atoms with Crippen molar-refractivity contribution in [2.24, 2.45) is 0 Å². The Morgan fingerprint density at radius 1 is 1.03 bits per heavy atom. The van der Waals surface area contributed by atoms with Gasteiger partial charge < -0.3 is 14.6 Å². The number of amides is 1. The van der Waals surface area contributed by atoms with Gasteiger partial charge in [0.1, 0.15) is 11.8 Å². The number of carbonyl (C=O) groups excluding carboxylic acids is 1. The van der Waals surface area contributed by atoms with E-state index in [0.29, 0.717) is 11.5 Å². The fraction of sp³-hybridized carbons (Fsp3) is 0.385. The second kappa shape index (κ2) is 7.62. The number of para-hydroxylation sites is 1. The minimum atomic E-state index is -0.247. The topological polar surface area (TPSA) is 48.6 Å². The molecule has 1 aliphatic carbocycles. The number of fused-ring (bicyclic) bond motifs is 4. The van der Waals surface area contributed by atoms with Crippen LogP contribution in [0.4, 0.5) is 0 Å². The number of aromatic nitrogens is 1. The van der Waals surface area contributed by atoms with Gasteiger partial charge >= 0.3 is 0 Å². The van der Waals surface area contributed by atoms with Crippen molar-refractivity contribution in [3.63, 3.8) is 0 Å². The average Bonchev–Trinajstić information content (AvgIpc) is 3.33. The van der Waals surface area contributed by atoms with Crippen LogP contribution >= 0.6 is 12.2 Å². The minimum absolute atomic E-state index is 0.118. The lowest BCUT2D eigenvalue weighted by molar-refractivity contribution is -0.130. The number of thiocarbonyl (C=S) groups is 1. The highest BCUT2D eigenvalue weighted by Crippen LogP contribution is 2.45. The Kier molecular flexibility index (Phi) is 4.72. The first-order chi connectivity index (χ1) is 15.7. The monoisotopic (exact) mass is 445 g/mol. The summed E-state index contributed by atoms with van der Waals surface area (Å²) in [6.07, 6.45) is 6.39. The highest BCUT2D eigenvalue weighted by Gasteiger charge is 2.52. The van der Waals surface area contributed by atoms with Gasteiger partial charge in [0.2, 0.25) is 0 Å². The second-order valence-corrected chi connectivity index (χ2v) is 9.51. The van der Waals surface area contributed by atoms with Gasteiger partial charge in [-0.15, -0.1) is 0 Å². The summed E-state index contributed by atoms with van der Waals surface area (Å²) in [7, 11) is 1.68. The van der Waals surface area contributed by atoms with Crippen molar-refractivity contribution in [1.29, 1.82) is 0 Å². The average molecular weight is 446 g/mol. The molecule has 2 aliphatic heterocycles. The van der Waals surface area contributed by atoms with Crippen LogP contribution in [-0.2, 0) is 11.2 Å². The molecular weight excluding hydrogens is 418 g/mol. The van der Waals surface area contributed by atoms with Crippen LogP contribution in [0.5, 0.6) is 5.75 Å². The molecule has 2 atom stereocenters. The van der Waals surface area contributed by atoms with E-state index in [2.05, 4.69) is 40.2 Å². The Balaban J connectivity index is 1.49. The molecule has 6 rings (SSSR count). The van der Waals surface area contributed by atoms with Crippen molar-refractivity contribution >= 4 is 34.1 Å². The molecule has 3 heterocycles. The number of methoxy groups -OCH3 is 1. The van der Waals surface area contributed by atoms with Gasteiger partial charge in [-0.3, -0.25) is 9.69 Å². The summed E-state index contributed by atoms with van der Waals surface area (Å²) in [6, 6.07) is 16.4. The molecule has 2 fully saturated rings. The summed E-state index contributed by atoms with van der Waals surface area (Å²) in [5, 5.41) is 1.90. The van der Waals surface area contributed by atoms with Crippen molar-refractivity contribution < 1.29 is 9.53 Å².